The first-order chi connectivity index (χ1) is 9.22. The highest BCUT2D eigenvalue weighted by atomic mass is 35.5. The summed E-state index contributed by atoms with van der Waals surface area (Å²) in [5.74, 6) is 0.237. The van der Waals surface area contributed by atoms with Gasteiger partial charge in [-0.15, -0.1) is 11.3 Å². The van der Waals surface area contributed by atoms with Gasteiger partial charge in [0, 0.05) is 26.1 Å². The number of rotatable bonds is 3. The molecular formula is C15H10ClFOS. The van der Waals surface area contributed by atoms with Crippen LogP contribution in [-0.2, 0) is 6.61 Å². The van der Waals surface area contributed by atoms with Crippen molar-refractivity contribution < 1.29 is 9.13 Å². The second-order valence-corrected chi connectivity index (χ2v) is 5.69. The minimum atomic E-state index is -0.295. The Bertz CT molecular complexity index is 723. The summed E-state index contributed by atoms with van der Waals surface area (Å²) in [6.45, 7) is 0.416. The van der Waals surface area contributed by atoms with Crippen LogP contribution in [0.4, 0.5) is 4.39 Å². The quantitative estimate of drug-likeness (QED) is 0.639. The van der Waals surface area contributed by atoms with Crippen molar-refractivity contribution in [1.29, 1.82) is 0 Å². The van der Waals surface area contributed by atoms with E-state index < -0.39 is 0 Å². The molecule has 0 amide bonds. The van der Waals surface area contributed by atoms with Gasteiger partial charge in [0.05, 0.1) is 0 Å². The van der Waals surface area contributed by atoms with Crippen LogP contribution < -0.4 is 4.74 Å². The van der Waals surface area contributed by atoms with E-state index in [9.17, 15) is 4.39 Å². The van der Waals surface area contributed by atoms with Gasteiger partial charge in [0.1, 0.15) is 18.2 Å². The standard InChI is InChI=1S/C15H10ClFOS/c16-14-5-2-6-15-13(14)8-12(19-15)9-18-11-4-1-3-10(17)7-11/h1-8H,9H2. The first-order valence-corrected chi connectivity index (χ1v) is 6.97. The van der Waals surface area contributed by atoms with Crippen LogP contribution >= 0.6 is 22.9 Å². The molecular weight excluding hydrogens is 283 g/mol. The fraction of sp³-hybridized carbons (Fsp3) is 0.0667. The molecule has 0 fully saturated rings. The zero-order chi connectivity index (χ0) is 13.2. The Labute approximate surface area is 119 Å². The fourth-order valence-corrected chi connectivity index (χ4v) is 3.15. The van der Waals surface area contributed by atoms with Crippen molar-refractivity contribution >= 4 is 33.0 Å². The van der Waals surface area contributed by atoms with Crippen molar-refractivity contribution in [2.24, 2.45) is 0 Å². The Morgan fingerprint density at radius 3 is 2.74 bits per heavy atom. The van der Waals surface area contributed by atoms with E-state index in [4.69, 9.17) is 16.3 Å². The molecule has 2 aromatic carbocycles. The van der Waals surface area contributed by atoms with Gasteiger partial charge in [0.15, 0.2) is 0 Å². The molecule has 0 N–H and O–H groups in total. The first kappa shape index (κ1) is 12.5. The highest BCUT2D eigenvalue weighted by Gasteiger charge is 2.05. The SMILES string of the molecule is Fc1cccc(OCc2cc3c(Cl)cccc3s2)c1. The van der Waals surface area contributed by atoms with Crippen LogP contribution in [0, 0.1) is 5.82 Å². The molecule has 3 rings (SSSR count). The van der Waals surface area contributed by atoms with Crippen molar-refractivity contribution in [3.05, 3.63) is 64.2 Å². The Kier molecular flexibility index (Phi) is 3.40. The van der Waals surface area contributed by atoms with Crippen LogP contribution in [0.5, 0.6) is 5.75 Å². The molecule has 0 bridgehead atoms. The Hall–Kier alpha value is -1.58. The number of halogens is 2. The van der Waals surface area contributed by atoms with E-state index in [1.54, 1.807) is 23.5 Å². The maximum atomic E-state index is 13.0. The second kappa shape index (κ2) is 5.19. The van der Waals surface area contributed by atoms with Gasteiger partial charge in [-0.3, -0.25) is 0 Å². The summed E-state index contributed by atoms with van der Waals surface area (Å²) < 4.78 is 19.7. The Balaban J connectivity index is 1.80. The van der Waals surface area contributed by atoms with Crippen molar-refractivity contribution in [3.8, 4) is 5.75 Å². The average Bonchev–Trinajstić information content (AvgIpc) is 2.81. The lowest BCUT2D eigenvalue weighted by atomic mass is 10.2. The third kappa shape index (κ3) is 2.72. The van der Waals surface area contributed by atoms with Gasteiger partial charge in [-0.1, -0.05) is 23.7 Å². The van der Waals surface area contributed by atoms with Gasteiger partial charge >= 0.3 is 0 Å². The van der Waals surface area contributed by atoms with E-state index in [0.717, 1.165) is 20.0 Å². The molecule has 0 saturated heterocycles. The molecule has 3 aromatic rings. The lowest BCUT2D eigenvalue weighted by Crippen LogP contribution is -1.92. The maximum absolute atomic E-state index is 13.0. The van der Waals surface area contributed by atoms with Gasteiger partial charge in [-0.05, 0) is 30.3 Å². The predicted octanol–water partition coefficient (Wildman–Crippen LogP) is 5.27. The lowest BCUT2D eigenvalue weighted by Gasteiger charge is -2.03. The summed E-state index contributed by atoms with van der Waals surface area (Å²) in [4.78, 5) is 1.06. The summed E-state index contributed by atoms with van der Waals surface area (Å²) in [6, 6.07) is 14.0. The van der Waals surface area contributed by atoms with Crippen LogP contribution in [0.3, 0.4) is 0 Å². The second-order valence-electron chi connectivity index (χ2n) is 4.11. The summed E-state index contributed by atoms with van der Waals surface area (Å²) in [5, 5.41) is 1.78. The number of hydrogen-bond acceptors (Lipinski definition) is 2. The minimum absolute atomic E-state index is 0.295. The molecule has 0 radical (unpaired) electrons. The molecule has 1 aromatic heterocycles. The van der Waals surface area contributed by atoms with Crippen LogP contribution in [0.25, 0.3) is 10.1 Å². The predicted molar refractivity (Wildman–Crippen MR) is 77.6 cm³/mol. The number of fused-ring (bicyclic) bond motifs is 1. The lowest BCUT2D eigenvalue weighted by molar-refractivity contribution is 0.308. The summed E-state index contributed by atoms with van der Waals surface area (Å²) in [7, 11) is 0. The Morgan fingerprint density at radius 1 is 1.11 bits per heavy atom. The summed E-state index contributed by atoms with van der Waals surface area (Å²) in [5.41, 5.74) is 0. The van der Waals surface area contributed by atoms with E-state index in [1.807, 2.05) is 24.3 Å². The zero-order valence-electron chi connectivity index (χ0n) is 9.90. The van der Waals surface area contributed by atoms with Crippen LogP contribution in [0.1, 0.15) is 4.88 Å². The monoisotopic (exact) mass is 292 g/mol. The van der Waals surface area contributed by atoms with Gasteiger partial charge in [-0.2, -0.15) is 0 Å². The van der Waals surface area contributed by atoms with Crippen LogP contribution in [-0.4, -0.2) is 0 Å². The van der Waals surface area contributed by atoms with Gasteiger partial charge in [0.2, 0.25) is 0 Å². The molecule has 19 heavy (non-hydrogen) atoms. The highest BCUT2D eigenvalue weighted by Crippen LogP contribution is 2.31. The summed E-state index contributed by atoms with van der Waals surface area (Å²) in [6.07, 6.45) is 0. The maximum Gasteiger partial charge on any atom is 0.126 e. The topological polar surface area (TPSA) is 9.23 Å². The molecule has 96 valence electrons. The highest BCUT2D eigenvalue weighted by molar-refractivity contribution is 7.19. The summed E-state index contributed by atoms with van der Waals surface area (Å²) >= 11 is 7.76. The molecule has 0 atom stereocenters. The van der Waals surface area contributed by atoms with Crippen molar-refractivity contribution in [2.45, 2.75) is 6.61 Å². The third-order valence-electron chi connectivity index (χ3n) is 2.74. The number of thiophene rings is 1. The van der Waals surface area contributed by atoms with Crippen molar-refractivity contribution in [1.82, 2.24) is 0 Å². The Morgan fingerprint density at radius 2 is 1.95 bits per heavy atom. The van der Waals surface area contributed by atoms with E-state index in [0.29, 0.717) is 12.4 Å². The molecule has 0 aliphatic carbocycles. The number of benzene rings is 2. The molecule has 0 aliphatic heterocycles. The van der Waals surface area contributed by atoms with Crippen molar-refractivity contribution in [2.75, 3.05) is 0 Å². The zero-order valence-corrected chi connectivity index (χ0v) is 11.5. The third-order valence-corrected chi connectivity index (χ3v) is 4.14. The average molecular weight is 293 g/mol. The van der Waals surface area contributed by atoms with Gasteiger partial charge in [0.25, 0.3) is 0 Å². The van der Waals surface area contributed by atoms with Gasteiger partial charge in [-0.25, -0.2) is 4.39 Å². The largest absolute Gasteiger partial charge is 0.488 e. The molecule has 1 nitrogen and oxygen atoms in total. The molecule has 0 unspecified atom stereocenters. The molecule has 0 saturated carbocycles. The first-order valence-electron chi connectivity index (χ1n) is 5.78. The van der Waals surface area contributed by atoms with E-state index >= 15 is 0 Å². The van der Waals surface area contributed by atoms with Crippen molar-refractivity contribution in [3.63, 3.8) is 0 Å². The normalized spacial score (nSPS) is 10.8. The molecule has 4 heteroatoms. The van der Waals surface area contributed by atoms with E-state index in [2.05, 4.69) is 0 Å². The number of ether oxygens (including phenoxy) is 1. The van der Waals surface area contributed by atoms with Crippen LogP contribution in [0.15, 0.2) is 48.5 Å². The molecule has 1 heterocycles. The number of hydrogen-bond donors (Lipinski definition) is 0. The van der Waals surface area contributed by atoms with E-state index in [-0.39, 0.29) is 5.82 Å². The molecule has 0 aliphatic rings. The van der Waals surface area contributed by atoms with Gasteiger partial charge < -0.3 is 4.74 Å². The smallest absolute Gasteiger partial charge is 0.126 e. The fourth-order valence-electron chi connectivity index (χ4n) is 1.86. The molecule has 0 spiro atoms. The van der Waals surface area contributed by atoms with Crippen LogP contribution in [0.2, 0.25) is 5.02 Å². The minimum Gasteiger partial charge on any atom is -0.488 e. The van der Waals surface area contributed by atoms with E-state index in [1.165, 1.54) is 12.1 Å².